The van der Waals surface area contributed by atoms with Gasteiger partial charge in [0, 0.05) is 19.7 Å². The highest BCUT2D eigenvalue weighted by Gasteiger charge is 2.18. The van der Waals surface area contributed by atoms with Gasteiger partial charge in [0.2, 0.25) is 0 Å². The topological polar surface area (TPSA) is 78.9 Å². The van der Waals surface area contributed by atoms with Crippen LogP contribution in [0.4, 0.5) is 14.9 Å². The van der Waals surface area contributed by atoms with Crippen molar-refractivity contribution in [2.45, 2.75) is 6.92 Å². The van der Waals surface area contributed by atoms with Gasteiger partial charge in [-0.2, -0.15) is 0 Å². The van der Waals surface area contributed by atoms with Crippen molar-refractivity contribution in [2.24, 2.45) is 5.92 Å². The van der Waals surface area contributed by atoms with Crippen LogP contribution in [0.1, 0.15) is 6.92 Å². The lowest BCUT2D eigenvalue weighted by molar-refractivity contribution is -0.141. The standard InChI is InChI=1S/C15H17FN2O4/c1-4-7-22-13-8-11(16)5-6-12(13)17-15(21)18(3)9-10(2)14(19)20/h1,5-6,8,10H,7,9H2,2-3H3,(H,17,21)(H,19,20). The second-order valence-electron chi connectivity index (χ2n) is 4.68. The maximum Gasteiger partial charge on any atom is 0.321 e. The van der Waals surface area contributed by atoms with Crippen LogP contribution in [0.3, 0.4) is 0 Å². The van der Waals surface area contributed by atoms with Crippen LogP contribution in [0, 0.1) is 24.1 Å². The second-order valence-corrected chi connectivity index (χ2v) is 4.68. The molecule has 2 amide bonds. The molecule has 0 aromatic heterocycles. The van der Waals surface area contributed by atoms with E-state index < -0.39 is 23.7 Å². The maximum absolute atomic E-state index is 13.2. The molecule has 0 spiro atoms. The Balaban J connectivity index is 2.79. The Morgan fingerprint density at radius 2 is 2.23 bits per heavy atom. The molecule has 0 heterocycles. The lowest BCUT2D eigenvalue weighted by Gasteiger charge is -2.21. The average molecular weight is 308 g/mol. The van der Waals surface area contributed by atoms with Gasteiger partial charge in [-0.05, 0) is 12.1 Å². The number of benzene rings is 1. The van der Waals surface area contributed by atoms with E-state index >= 15 is 0 Å². The minimum atomic E-state index is -1.00. The zero-order valence-corrected chi connectivity index (χ0v) is 12.3. The van der Waals surface area contributed by atoms with E-state index in [-0.39, 0.29) is 24.6 Å². The van der Waals surface area contributed by atoms with Crippen molar-refractivity contribution < 1.29 is 23.8 Å². The van der Waals surface area contributed by atoms with E-state index in [1.54, 1.807) is 0 Å². The molecule has 6 nitrogen and oxygen atoms in total. The Kier molecular flexibility index (Phi) is 6.20. The molecular weight excluding hydrogens is 291 g/mol. The molecule has 2 N–H and O–H groups in total. The summed E-state index contributed by atoms with van der Waals surface area (Å²) in [5.74, 6) is 0.110. The molecule has 1 rings (SSSR count). The molecule has 0 aliphatic carbocycles. The third-order valence-electron chi connectivity index (χ3n) is 2.81. The summed E-state index contributed by atoms with van der Waals surface area (Å²) in [6.45, 7) is 1.45. The van der Waals surface area contributed by atoms with Crippen LogP contribution in [0.15, 0.2) is 18.2 Å². The van der Waals surface area contributed by atoms with E-state index in [2.05, 4.69) is 11.2 Å². The van der Waals surface area contributed by atoms with Gasteiger partial charge in [-0.25, -0.2) is 9.18 Å². The first-order chi connectivity index (χ1) is 10.3. The summed E-state index contributed by atoms with van der Waals surface area (Å²) in [6.07, 6.45) is 5.08. The molecular formula is C15H17FN2O4. The number of nitrogens with zero attached hydrogens (tertiary/aromatic N) is 1. The molecule has 7 heteroatoms. The number of aliphatic carboxylic acids is 1. The molecule has 0 saturated carbocycles. The molecule has 0 saturated heterocycles. The first-order valence-electron chi connectivity index (χ1n) is 6.46. The second kappa shape index (κ2) is 7.88. The first kappa shape index (κ1) is 17.3. The molecule has 1 unspecified atom stereocenters. The maximum atomic E-state index is 13.2. The van der Waals surface area contributed by atoms with E-state index in [1.165, 1.54) is 24.9 Å². The number of hydrogen-bond acceptors (Lipinski definition) is 3. The fourth-order valence-corrected chi connectivity index (χ4v) is 1.62. The number of nitrogens with one attached hydrogen (secondary N) is 1. The smallest absolute Gasteiger partial charge is 0.321 e. The van der Waals surface area contributed by atoms with Crippen LogP contribution in [0.5, 0.6) is 5.75 Å². The van der Waals surface area contributed by atoms with Crippen LogP contribution in [0.25, 0.3) is 0 Å². The number of carbonyl (C=O) groups is 2. The number of carboxylic acid groups (broad SMARTS) is 1. The summed E-state index contributed by atoms with van der Waals surface area (Å²) in [6, 6.07) is 3.07. The highest BCUT2D eigenvalue weighted by Crippen LogP contribution is 2.25. The van der Waals surface area contributed by atoms with Gasteiger partial charge >= 0.3 is 12.0 Å². The molecule has 118 valence electrons. The summed E-state index contributed by atoms with van der Waals surface area (Å²) >= 11 is 0. The van der Waals surface area contributed by atoms with E-state index in [0.29, 0.717) is 0 Å². The number of amides is 2. The lowest BCUT2D eigenvalue weighted by atomic mass is 10.2. The third kappa shape index (κ3) is 4.98. The van der Waals surface area contributed by atoms with Crippen LogP contribution < -0.4 is 10.1 Å². The molecule has 1 aromatic rings. The molecule has 1 aromatic carbocycles. The largest absolute Gasteiger partial charge is 0.481 e. The number of ether oxygens (including phenoxy) is 1. The molecule has 1 atom stereocenters. The van der Waals surface area contributed by atoms with Gasteiger partial charge in [-0.1, -0.05) is 12.8 Å². The van der Waals surface area contributed by atoms with Crippen LogP contribution >= 0.6 is 0 Å². The number of urea groups is 1. The van der Waals surface area contributed by atoms with Gasteiger partial charge in [0.1, 0.15) is 18.2 Å². The van der Waals surface area contributed by atoms with E-state index in [0.717, 1.165) is 12.1 Å². The summed E-state index contributed by atoms with van der Waals surface area (Å²) < 4.78 is 18.4. The number of halogens is 1. The number of carboxylic acids is 1. The minimum Gasteiger partial charge on any atom is -0.481 e. The van der Waals surface area contributed by atoms with Gasteiger partial charge < -0.3 is 20.1 Å². The van der Waals surface area contributed by atoms with Crippen molar-refractivity contribution in [3.05, 3.63) is 24.0 Å². The monoisotopic (exact) mass is 308 g/mol. The van der Waals surface area contributed by atoms with E-state index in [9.17, 15) is 14.0 Å². The van der Waals surface area contributed by atoms with Crippen molar-refractivity contribution in [1.82, 2.24) is 4.90 Å². The third-order valence-corrected chi connectivity index (χ3v) is 2.81. The van der Waals surface area contributed by atoms with Crippen molar-refractivity contribution in [2.75, 3.05) is 25.5 Å². The fourth-order valence-electron chi connectivity index (χ4n) is 1.62. The zero-order chi connectivity index (χ0) is 16.7. The van der Waals surface area contributed by atoms with Crippen molar-refractivity contribution in [1.29, 1.82) is 0 Å². The highest BCUT2D eigenvalue weighted by atomic mass is 19.1. The van der Waals surface area contributed by atoms with Crippen LogP contribution in [0.2, 0.25) is 0 Å². The molecule has 22 heavy (non-hydrogen) atoms. The summed E-state index contributed by atoms with van der Waals surface area (Å²) in [4.78, 5) is 24.0. The number of carbonyl (C=O) groups excluding carboxylic acids is 1. The molecule has 0 radical (unpaired) electrons. The zero-order valence-electron chi connectivity index (χ0n) is 12.3. The SMILES string of the molecule is C#CCOc1cc(F)ccc1NC(=O)N(C)CC(C)C(=O)O. The number of anilines is 1. The summed E-state index contributed by atoms with van der Waals surface area (Å²) in [7, 11) is 1.46. The number of rotatable bonds is 6. The van der Waals surface area contributed by atoms with Crippen LogP contribution in [-0.4, -0.2) is 42.2 Å². The van der Waals surface area contributed by atoms with Crippen molar-refractivity contribution in [3.63, 3.8) is 0 Å². The number of terminal acetylenes is 1. The van der Waals surface area contributed by atoms with Crippen molar-refractivity contribution in [3.8, 4) is 18.1 Å². The molecule has 0 fully saturated rings. The quantitative estimate of drug-likeness (QED) is 0.788. The lowest BCUT2D eigenvalue weighted by Crippen LogP contribution is -2.36. The minimum absolute atomic E-state index is 0.0307. The Bertz CT molecular complexity index is 598. The Labute approximate surface area is 127 Å². The first-order valence-corrected chi connectivity index (χ1v) is 6.46. The van der Waals surface area contributed by atoms with E-state index in [1.807, 2.05) is 0 Å². The van der Waals surface area contributed by atoms with Crippen LogP contribution in [-0.2, 0) is 4.79 Å². The Morgan fingerprint density at radius 1 is 1.55 bits per heavy atom. The average Bonchev–Trinajstić information content (AvgIpc) is 2.46. The van der Waals surface area contributed by atoms with Crippen molar-refractivity contribution >= 4 is 17.7 Å². The predicted molar refractivity (Wildman–Crippen MR) is 79.2 cm³/mol. The van der Waals surface area contributed by atoms with Gasteiger partial charge in [0.05, 0.1) is 11.6 Å². The van der Waals surface area contributed by atoms with Gasteiger partial charge in [0.25, 0.3) is 0 Å². The van der Waals surface area contributed by atoms with E-state index in [4.69, 9.17) is 16.3 Å². The normalized spacial score (nSPS) is 11.2. The summed E-state index contributed by atoms with van der Waals surface area (Å²) in [5, 5.41) is 11.4. The predicted octanol–water partition coefficient (Wildman–Crippen LogP) is 2.02. The van der Waals surface area contributed by atoms with Gasteiger partial charge in [-0.15, -0.1) is 6.42 Å². The summed E-state index contributed by atoms with van der Waals surface area (Å²) in [5.41, 5.74) is 0.247. The molecule has 0 aliphatic heterocycles. The molecule has 0 aliphatic rings. The Morgan fingerprint density at radius 3 is 2.82 bits per heavy atom. The highest BCUT2D eigenvalue weighted by molar-refractivity contribution is 5.91. The van der Waals surface area contributed by atoms with Gasteiger partial charge in [-0.3, -0.25) is 4.79 Å². The number of hydrogen-bond donors (Lipinski definition) is 2. The molecule has 0 bridgehead atoms. The fraction of sp³-hybridized carbons (Fsp3) is 0.333. The van der Waals surface area contributed by atoms with Gasteiger partial charge in [0.15, 0.2) is 0 Å². The Hall–Kier alpha value is -2.75.